The zero-order valence-corrected chi connectivity index (χ0v) is 11.1. The number of anilines is 2. The predicted octanol–water partition coefficient (Wildman–Crippen LogP) is 2.48. The van der Waals surface area contributed by atoms with Crippen molar-refractivity contribution >= 4 is 22.9 Å². The molecule has 1 saturated carbocycles. The summed E-state index contributed by atoms with van der Waals surface area (Å²) in [6.07, 6.45) is 4.93. The molecule has 19 heavy (non-hydrogen) atoms. The van der Waals surface area contributed by atoms with Crippen molar-refractivity contribution in [1.29, 1.82) is 0 Å². The fourth-order valence-corrected chi connectivity index (χ4v) is 3.01. The summed E-state index contributed by atoms with van der Waals surface area (Å²) < 4.78 is 0. The number of allylic oxidation sites excluding steroid dienone is 1. The second kappa shape index (κ2) is 4.61. The number of fused-ring (bicyclic) bond motifs is 1. The van der Waals surface area contributed by atoms with Crippen LogP contribution in [0.5, 0.6) is 0 Å². The van der Waals surface area contributed by atoms with Gasteiger partial charge in [-0.3, -0.25) is 4.79 Å². The van der Waals surface area contributed by atoms with Gasteiger partial charge in [-0.05, 0) is 38.0 Å². The summed E-state index contributed by atoms with van der Waals surface area (Å²) in [5.74, 6) is -0.0383. The second-order valence-corrected chi connectivity index (χ2v) is 5.38. The van der Waals surface area contributed by atoms with Crippen molar-refractivity contribution in [3.8, 4) is 0 Å². The lowest BCUT2D eigenvalue weighted by atomic mass is 10.0. The van der Waals surface area contributed by atoms with Crippen LogP contribution < -0.4 is 16.4 Å². The van der Waals surface area contributed by atoms with E-state index in [-0.39, 0.29) is 5.91 Å². The molecule has 0 saturated heterocycles. The number of benzene rings is 1. The number of carbonyl (C=O) groups excluding carboxylic acids is 1. The molecule has 1 fully saturated rings. The number of nitrogens with one attached hydrogen (secondary N) is 2. The van der Waals surface area contributed by atoms with Gasteiger partial charge in [0.25, 0.3) is 5.91 Å². The van der Waals surface area contributed by atoms with Crippen molar-refractivity contribution < 1.29 is 4.79 Å². The van der Waals surface area contributed by atoms with E-state index in [1.165, 1.54) is 25.7 Å². The third-order valence-electron chi connectivity index (χ3n) is 3.94. The Balaban J connectivity index is 1.95. The van der Waals surface area contributed by atoms with Crippen LogP contribution in [0.15, 0.2) is 23.9 Å². The highest BCUT2D eigenvalue weighted by molar-refractivity contribution is 6.32. The Hall–Kier alpha value is -1.97. The number of hydrogen-bond acceptors (Lipinski definition) is 3. The normalized spacial score (nSPS) is 21.2. The fourth-order valence-electron chi connectivity index (χ4n) is 3.01. The van der Waals surface area contributed by atoms with Crippen LogP contribution in [0.2, 0.25) is 0 Å². The topological polar surface area (TPSA) is 67.2 Å². The standard InChI is InChI=1S/C15H19N3O/c1-9(17-11-4-2-3-5-11)14-12-8-10(16)6-7-13(12)18-15(14)19/h6-8,11,17H,2-5,16H2,1H3,(H,18,19). The summed E-state index contributed by atoms with van der Waals surface area (Å²) in [5, 5.41) is 6.38. The van der Waals surface area contributed by atoms with Gasteiger partial charge in [0.1, 0.15) is 0 Å². The molecular weight excluding hydrogens is 238 g/mol. The van der Waals surface area contributed by atoms with Gasteiger partial charge in [0.2, 0.25) is 0 Å². The number of nitrogens with two attached hydrogens (primary N) is 1. The molecule has 100 valence electrons. The van der Waals surface area contributed by atoms with Gasteiger partial charge in [0.15, 0.2) is 0 Å². The first-order chi connectivity index (χ1) is 9.15. The van der Waals surface area contributed by atoms with Gasteiger partial charge in [0, 0.05) is 28.7 Å². The lowest BCUT2D eigenvalue weighted by molar-refractivity contribution is -0.110. The number of amides is 1. The zero-order valence-electron chi connectivity index (χ0n) is 11.1. The predicted molar refractivity (Wildman–Crippen MR) is 77.5 cm³/mol. The number of hydrogen-bond donors (Lipinski definition) is 3. The Morgan fingerprint density at radius 2 is 2.11 bits per heavy atom. The summed E-state index contributed by atoms with van der Waals surface area (Å²) in [6, 6.07) is 6.04. The van der Waals surface area contributed by atoms with E-state index < -0.39 is 0 Å². The average Bonchev–Trinajstić information content (AvgIpc) is 2.95. The first-order valence-electron chi connectivity index (χ1n) is 6.84. The van der Waals surface area contributed by atoms with E-state index in [4.69, 9.17) is 5.73 Å². The van der Waals surface area contributed by atoms with E-state index in [0.29, 0.717) is 11.7 Å². The number of nitrogen functional groups attached to an aromatic ring is 1. The molecule has 1 amide bonds. The molecule has 2 aliphatic rings. The molecule has 1 aromatic rings. The highest BCUT2D eigenvalue weighted by Crippen LogP contribution is 2.35. The van der Waals surface area contributed by atoms with Crippen LogP contribution >= 0.6 is 0 Å². The van der Waals surface area contributed by atoms with Gasteiger partial charge >= 0.3 is 0 Å². The number of rotatable bonds is 2. The van der Waals surface area contributed by atoms with Crippen molar-refractivity contribution in [3.05, 3.63) is 29.5 Å². The summed E-state index contributed by atoms with van der Waals surface area (Å²) in [4.78, 5) is 12.1. The molecule has 0 atom stereocenters. The third-order valence-corrected chi connectivity index (χ3v) is 3.94. The molecule has 1 heterocycles. The van der Waals surface area contributed by atoms with Crippen LogP contribution in [0.25, 0.3) is 5.57 Å². The van der Waals surface area contributed by atoms with E-state index in [9.17, 15) is 4.79 Å². The maximum absolute atomic E-state index is 12.1. The monoisotopic (exact) mass is 257 g/mol. The quantitative estimate of drug-likeness (QED) is 0.563. The van der Waals surface area contributed by atoms with Gasteiger partial charge in [0.05, 0.1) is 5.57 Å². The van der Waals surface area contributed by atoms with Gasteiger partial charge in [-0.25, -0.2) is 0 Å². The average molecular weight is 257 g/mol. The van der Waals surface area contributed by atoms with E-state index in [0.717, 1.165) is 22.5 Å². The molecule has 4 N–H and O–H groups in total. The molecule has 0 bridgehead atoms. The largest absolute Gasteiger partial charge is 0.399 e. The molecule has 4 nitrogen and oxygen atoms in total. The minimum atomic E-state index is -0.0383. The highest BCUT2D eigenvalue weighted by atomic mass is 16.2. The lowest BCUT2D eigenvalue weighted by Gasteiger charge is -2.15. The zero-order chi connectivity index (χ0) is 13.4. The molecule has 0 spiro atoms. The summed E-state index contributed by atoms with van der Waals surface area (Å²) in [7, 11) is 0. The summed E-state index contributed by atoms with van der Waals surface area (Å²) in [5.41, 5.74) is 9.94. The Morgan fingerprint density at radius 3 is 2.84 bits per heavy atom. The summed E-state index contributed by atoms with van der Waals surface area (Å²) in [6.45, 7) is 1.98. The molecular formula is C15H19N3O. The fraction of sp³-hybridized carbons (Fsp3) is 0.400. The second-order valence-electron chi connectivity index (χ2n) is 5.38. The van der Waals surface area contributed by atoms with Gasteiger partial charge < -0.3 is 16.4 Å². The van der Waals surface area contributed by atoms with Crippen LogP contribution in [0.1, 0.15) is 38.2 Å². The Kier molecular flexibility index (Phi) is 2.93. The van der Waals surface area contributed by atoms with E-state index in [1.54, 1.807) is 0 Å². The maximum Gasteiger partial charge on any atom is 0.258 e. The van der Waals surface area contributed by atoms with Crippen molar-refractivity contribution in [2.24, 2.45) is 0 Å². The molecule has 0 radical (unpaired) electrons. The molecule has 0 aromatic heterocycles. The van der Waals surface area contributed by atoms with Crippen molar-refractivity contribution in [3.63, 3.8) is 0 Å². The smallest absolute Gasteiger partial charge is 0.258 e. The van der Waals surface area contributed by atoms with E-state index >= 15 is 0 Å². The Morgan fingerprint density at radius 1 is 1.37 bits per heavy atom. The van der Waals surface area contributed by atoms with E-state index in [2.05, 4.69) is 10.6 Å². The minimum absolute atomic E-state index is 0.0383. The Bertz CT molecular complexity index is 557. The van der Waals surface area contributed by atoms with E-state index in [1.807, 2.05) is 25.1 Å². The summed E-state index contributed by atoms with van der Waals surface area (Å²) >= 11 is 0. The van der Waals surface area contributed by atoms with Crippen molar-refractivity contribution in [2.75, 3.05) is 11.1 Å². The molecule has 0 unspecified atom stereocenters. The molecule has 1 aromatic carbocycles. The van der Waals surface area contributed by atoms with Crippen molar-refractivity contribution in [2.45, 2.75) is 38.6 Å². The van der Waals surface area contributed by atoms with Gasteiger partial charge in [-0.2, -0.15) is 0 Å². The van der Waals surface area contributed by atoms with Crippen LogP contribution in [0, 0.1) is 0 Å². The molecule has 1 aliphatic carbocycles. The van der Waals surface area contributed by atoms with Crippen LogP contribution in [0.3, 0.4) is 0 Å². The van der Waals surface area contributed by atoms with Crippen LogP contribution in [-0.2, 0) is 4.79 Å². The minimum Gasteiger partial charge on any atom is -0.399 e. The molecule has 1 aliphatic heterocycles. The maximum atomic E-state index is 12.1. The Labute approximate surface area is 113 Å². The van der Waals surface area contributed by atoms with Crippen LogP contribution in [0.4, 0.5) is 11.4 Å². The van der Waals surface area contributed by atoms with Gasteiger partial charge in [-0.1, -0.05) is 12.8 Å². The molecule has 3 rings (SSSR count). The van der Waals surface area contributed by atoms with Crippen LogP contribution in [-0.4, -0.2) is 11.9 Å². The molecule has 4 heteroatoms. The van der Waals surface area contributed by atoms with Crippen molar-refractivity contribution in [1.82, 2.24) is 5.32 Å². The lowest BCUT2D eigenvalue weighted by Crippen LogP contribution is -2.25. The highest BCUT2D eigenvalue weighted by Gasteiger charge is 2.27. The SMILES string of the molecule is CC(NC1CCCC1)=C1C(=O)Nc2ccc(N)cc21. The third kappa shape index (κ3) is 2.18. The first kappa shape index (κ1) is 12.1. The first-order valence-corrected chi connectivity index (χ1v) is 6.84. The van der Waals surface area contributed by atoms with Gasteiger partial charge in [-0.15, -0.1) is 0 Å². The number of carbonyl (C=O) groups is 1.